The molecule has 0 bridgehead atoms. The van der Waals surface area contributed by atoms with E-state index in [4.69, 9.17) is 4.52 Å². The number of rotatable bonds is 3. The highest BCUT2D eigenvalue weighted by Gasteiger charge is 2.30. The van der Waals surface area contributed by atoms with E-state index in [9.17, 15) is 4.79 Å². The van der Waals surface area contributed by atoms with E-state index in [1.807, 2.05) is 35.4 Å². The number of amides is 1. The van der Waals surface area contributed by atoms with Gasteiger partial charge in [-0.3, -0.25) is 4.79 Å². The molecule has 8 heteroatoms. The van der Waals surface area contributed by atoms with Crippen molar-refractivity contribution in [1.29, 1.82) is 0 Å². The minimum atomic E-state index is 0.106. The van der Waals surface area contributed by atoms with Crippen molar-refractivity contribution in [2.75, 3.05) is 13.1 Å². The first-order chi connectivity index (χ1) is 11.7. The Balaban J connectivity index is 1.57. The Bertz CT molecular complexity index is 840. The van der Waals surface area contributed by atoms with Crippen molar-refractivity contribution in [3.63, 3.8) is 0 Å². The standard InChI is InChI=1S/C16H16N4O2S2/c1-10-8-12(22-18-10)15-14(17-19-24-15)11-4-2-6-20(9-11)16(21)13-5-3-7-23-13/h3,5,7-8,11H,2,4,6,9H2,1H3/t11-/m0/s1. The van der Waals surface area contributed by atoms with Gasteiger partial charge in [-0.15, -0.1) is 16.4 Å². The number of nitrogens with zero attached hydrogens (tertiary/aromatic N) is 4. The van der Waals surface area contributed by atoms with Crippen LogP contribution in [-0.4, -0.2) is 38.6 Å². The number of thiophene rings is 1. The molecule has 0 radical (unpaired) electrons. The summed E-state index contributed by atoms with van der Waals surface area (Å²) in [5, 5.41) is 10.2. The molecule has 1 aliphatic rings. The first kappa shape index (κ1) is 15.5. The van der Waals surface area contributed by atoms with Crippen LogP contribution in [0.25, 0.3) is 10.6 Å². The fraction of sp³-hybridized carbons (Fsp3) is 0.375. The van der Waals surface area contributed by atoms with Crippen LogP contribution < -0.4 is 0 Å². The van der Waals surface area contributed by atoms with Crippen molar-refractivity contribution in [2.45, 2.75) is 25.7 Å². The summed E-state index contributed by atoms with van der Waals surface area (Å²) in [6, 6.07) is 5.69. The van der Waals surface area contributed by atoms with Crippen LogP contribution in [-0.2, 0) is 0 Å². The molecular formula is C16H16N4O2S2. The van der Waals surface area contributed by atoms with Crippen LogP contribution in [0, 0.1) is 6.92 Å². The second kappa shape index (κ2) is 6.45. The van der Waals surface area contributed by atoms with Gasteiger partial charge in [0.15, 0.2) is 5.76 Å². The van der Waals surface area contributed by atoms with Gasteiger partial charge in [-0.1, -0.05) is 15.7 Å². The topological polar surface area (TPSA) is 72.1 Å². The van der Waals surface area contributed by atoms with Crippen molar-refractivity contribution >= 4 is 28.8 Å². The molecule has 24 heavy (non-hydrogen) atoms. The first-order valence-corrected chi connectivity index (χ1v) is 9.46. The summed E-state index contributed by atoms with van der Waals surface area (Å²) in [5.41, 5.74) is 1.75. The average molecular weight is 360 g/mol. The van der Waals surface area contributed by atoms with Crippen LogP contribution in [0.2, 0.25) is 0 Å². The summed E-state index contributed by atoms with van der Waals surface area (Å²) in [6.07, 6.45) is 1.97. The van der Waals surface area contributed by atoms with Crippen molar-refractivity contribution in [1.82, 2.24) is 19.6 Å². The predicted octanol–water partition coefficient (Wildman–Crippen LogP) is 3.58. The lowest BCUT2D eigenvalue weighted by Gasteiger charge is -2.31. The molecule has 1 amide bonds. The Morgan fingerprint density at radius 3 is 3.12 bits per heavy atom. The molecule has 4 rings (SSSR count). The van der Waals surface area contributed by atoms with E-state index in [1.165, 1.54) is 22.9 Å². The maximum absolute atomic E-state index is 12.6. The molecule has 0 aliphatic carbocycles. The number of likely N-dealkylation sites (tertiary alicyclic amines) is 1. The number of hydrogen-bond donors (Lipinski definition) is 0. The lowest BCUT2D eigenvalue weighted by molar-refractivity contribution is 0.0711. The Hall–Kier alpha value is -2.06. The molecule has 1 aliphatic heterocycles. The summed E-state index contributed by atoms with van der Waals surface area (Å²) >= 11 is 2.81. The van der Waals surface area contributed by atoms with Crippen molar-refractivity contribution < 1.29 is 9.32 Å². The van der Waals surface area contributed by atoms with E-state index in [0.29, 0.717) is 12.3 Å². The Kier molecular flexibility index (Phi) is 4.15. The third-order valence-electron chi connectivity index (χ3n) is 4.19. The molecule has 1 saturated heterocycles. The third-order valence-corrected chi connectivity index (χ3v) is 5.81. The minimum absolute atomic E-state index is 0.106. The van der Waals surface area contributed by atoms with Crippen LogP contribution in [0.3, 0.4) is 0 Å². The molecule has 0 spiro atoms. The first-order valence-electron chi connectivity index (χ1n) is 7.81. The summed E-state index contributed by atoms with van der Waals surface area (Å²) in [7, 11) is 0. The van der Waals surface area contributed by atoms with Crippen LogP contribution in [0.1, 0.15) is 39.8 Å². The van der Waals surface area contributed by atoms with Gasteiger partial charge in [-0.2, -0.15) is 0 Å². The average Bonchev–Trinajstić information content (AvgIpc) is 3.35. The van der Waals surface area contributed by atoms with E-state index >= 15 is 0 Å². The van der Waals surface area contributed by atoms with E-state index in [-0.39, 0.29) is 11.8 Å². The number of aromatic nitrogens is 3. The third kappa shape index (κ3) is 2.87. The molecule has 6 nitrogen and oxygen atoms in total. The van der Waals surface area contributed by atoms with Gasteiger partial charge in [0.1, 0.15) is 4.88 Å². The van der Waals surface area contributed by atoms with Gasteiger partial charge in [0.05, 0.1) is 16.3 Å². The number of carbonyl (C=O) groups is 1. The zero-order chi connectivity index (χ0) is 16.5. The number of aryl methyl sites for hydroxylation is 1. The predicted molar refractivity (Wildman–Crippen MR) is 92.3 cm³/mol. The summed E-state index contributed by atoms with van der Waals surface area (Å²) in [4.78, 5) is 16.2. The summed E-state index contributed by atoms with van der Waals surface area (Å²) in [6.45, 7) is 3.35. The Morgan fingerprint density at radius 1 is 1.46 bits per heavy atom. The molecule has 0 aromatic carbocycles. The quantitative estimate of drug-likeness (QED) is 0.714. The highest BCUT2D eigenvalue weighted by Crippen LogP contribution is 2.36. The normalized spacial score (nSPS) is 18.0. The highest BCUT2D eigenvalue weighted by atomic mass is 32.1. The van der Waals surface area contributed by atoms with Crippen LogP contribution in [0.4, 0.5) is 0 Å². The molecule has 1 atom stereocenters. The molecule has 1 fully saturated rings. The van der Waals surface area contributed by atoms with Gasteiger partial charge in [0, 0.05) is 25.1 Å². The smallest absolute Gasteiger partial charge is 0.263 e. The maximum Gasteiger partial charge on any atom is 0.263 e. The molecule has 124 valence electrons. The van der Waals surface area contributed by atoms with E-state index in [1.54, 1.807) is 0 Å². The number of carbonyl (C=O) groups excluding carboxylic acids is 1. The summed E-state index contributed by atoms with van der Waals surface area (Å²) in [5.74, 6) is 0.996. The number of piperidine rings is 1. The zero-order valence-corrected chi connectivity index (χ0v) is 14.8. The van der Waals surface area contributed by atoms with Crippen LogP contribution in [0.15, 0.2) is 28.1 Å². The molecule has 3 aromatic heterocycles. The van der Waals surface area contributed by atoms with E-state index in [0.717, 1.165) is 40.5 Å². The lowest BCUT2D eigenvalue weighted by atomic mass is 9.93. The van der Waals surface area contributed by atoms with Gasteiger partial charge >= 0.3 is 0 Å². The highest BCUT2D eigenvalue weighted by molar-refractivity contribution is 7.12. The van der Waals surface area contributed by atoms with Gasteiger partial charge in [0.2, 0.25) is 0 Å². The molecule has 4 heterocycles. The van der Waals surface area contributed by atoms with Gasteiger partial charge in [-0.05, 0) is 42.7 Å². The second-order valence-electron chi connectivity index (χ2n) is 5.89. The largest absolute Gasteiger partial charge is 0.355 e. The van der Waals surface area contributed by atoms with Crippen molar-refractivity contribution in [3.05, 3.63) is 39.8 Å². The van der Waals surface area contributed by atoms with E-state index in [2.05, 4.69) is 14.7 Å². The summed E-state index contributed by atoms with van der Waals surface area (Å²) < 4.78 is 9.48. The Labute approximate surface area is 147 Å². The molecule has 0 saturated carbocycles. The zero-order valence-electron chi connectivity index (χ0n) is 13.1. The molecule has 0 unspecified atom stereocenters. The van der Waals surface area contributed by atoms with Gasteiger partial charge in [0.25, 0.3) is 5.91 Å². The van der Waals surface area contributed by atoms with Crippen molar-refractivity contribution in [2.24, 2.45) is 0 Å². The monoisotopic (exact) mass is 360 g/mol. The Morgan fingerprint density at radius 2 is 2.38 bits per heavy atom. The lowest BCUT2D eigenvalue weighted by Crippen LogP contribution is -2.39. The van der Waals surface area contributed by atoms with Gasteiger partial charge < -0.3 is 9.42 Å². The number of hydrogen-bond acceptors (Lipinski definition) is 7. The SMILES string of the molecule is Cc1cc(-c2snnc2[C@H]2CCCN(C(=O)c3cccs3)C2)on1. The second-order valence-corrected chi connectivity index (χ2v) is 7.59. The maximum atomic E-state index is 12.6. The fourth-order valence-electron chi connectivity index (χ4n) is 3.05. The van der Waals surface area contributed by atoms with Crippen molar-refractivity contribution in [3.8, 4) is 10.6 Å². The van der Waals surface area contributed by atoms with Gasteiger partial charge in [-0.25, -0.2) is 0 Å². The van der Waals surface area contributed by atoms with Crippen LogP contribution in [0.5, 0.6) is 0 Å². The molecule has 3 aromatic rings. The van der Waals surface area contributed by atoms with E-state index < -0.39 is 0 Å². The minimum Gasteiger partial charge on any atom is -0.355 e. The fourth-order valence-corrected chi connectivity index (χ4v) is 4.44. The molecule has 0 N–H and O–H groups in total. The van der Waals surface area contributed by atoms with Crippen LogP contribution >= 0.6 is 22.9 Å². The molecular weight excluding hydrogens is 344 g/mol.